The van der Waals surface area contributed by atoms with Crippen LogP contribution >= 0.6 is 0 Å². The predicted molar refractivity (Wildman–Crippen MR) is 90.9 cm³/mol. The second-order valence-corrected chi connectivity index (χ2v) is 6.92. The molecule has 0 bridgehead atoms. The van der Waals surface area contributed by atoms with Crippen LogP contribution in [0.1, 0.15) is 34.3 Å². The van der Waals surface area contributed by atoms with Crippen LogP contribution in [0.25, 0.3) is 0 Å². The summed E-state index contributed by atoms with van der Waals surface area (Å²) < 4.78 is 5.85. The summed E-state index contributed by atoms with van der Waals surface area (Å²) in [5, 5.41) is 3.58. The van der Waals surface area contributed by atoms with E-state index in [0.29, 0.717) is 0 Å². The van der Waals surface area contributed by atoms with Crippen LogP contribution in [0.4, 0.5) is 0 Å². The highest BCUT2D eigenvalue weighted by Crippen LogP contribution is 2.44. The second kappa shape index (κ2) is 5.08. The summed E-state index contributed by atoms with van der Waals surface area (Å²) in [6.07, 6.45) is 2.58. The molecular weight excluding hydrogens is 300 g/mol. The maximum atomic E-state index is 12.8. The molecule has 24 heavy (non-hydrogen) atoms. The normalized spacial score (nSPS) is 24.8. The molecule has 4 heteroatoms. The van der Waals surface area contributed by atoms with Crippen molar-refractivity contribution in [2.24, 2.45) is 5.92 Å². The van der Waals surface area contributed by atoms with E-state index in [9.17, 15) is 4.79 Å². The van der Waals surface area contributed by atoms with Crippen LogP contribution in [0.2, 0.25) is 0 Å². The molecule has 2 aliphatic heterocycles. The van der Waals surface area contributed by atoms with Gasteiger partial charge in [-0.25, -0.2) is 0 Å². The molecule has 3 aliphatic rings. The lowest BCUT2D eigenvalue weighted by Crippen LogP contribution is -2.46. The van der Waals surface area contributed by atoms with E-state index in [-0.39, 0.29) is 5.91 Å². The van der Waals surface area contributed by atoms with Crippen LogP contribution in [-0.4, -0.2) is 30.5 Å². The zero-order valence-corrected chi connectivity index (χ0v) is 13.5. The molecule has 0 spiro atoms. The van der Waals surface area contributed by atoms with E-state index in [1.165, 1.54) is 12.8 Å². The summed E-state index contributed by atoms with van der Waals surface area (Å²) in [6.45, 7) is 2.35. The smallest absolute Gasteiger partial charge is 0.256 e. The van der Waals surface area contributed by atoms with Crippen molar-refractivity contribution >= 4 is 5.91 Å². The van der Waals surface area contributed by atoms with E-state index in [4.69, 9.17) is 4.74 Å². The number of fused-ring (bicyclic) bond motifs is 3. The number of ether oxygens (including phenoxy) is 1. The molecule has 1 aliphatic carbocycles. The minimum absolute atomic E-state index is 0.115. The van der Waals surface area contributed by atoms with Crippen molar-refractivity contribution in [2.75, 3.05) is 19.7 Å². The third-order valence-corrected chi connectivity index (χ3v) is 5.37. The number of amides is 1. The molecule has 1 unspecified atom stereocenters. The number of nitrogens with zero attached hydrogens (tertiary/aromatic N) is 1. The average Bonchev–Trinajstić information content (AvgIpc) is 3.30. The molecule has 5 rings (SSSR count). The van der Waals surface area contributed by atoms with Gasteiger partial charge >= 0.3 is 0 Å². The topological polar surface area (TPSA) is 41.6 Å². The highest BCUT2D eigenvalue weighted by Gasteiger charge is 2.53. The first-order valence-electron chi connectivity index (χ1n) is 8.69. The Morgan fingerprint density at radius 1 is 1.12 bits per heavy atom. The van der Waals surface area contributed by atoms with Crippen LogP contribution in [0.15, 0.2) is 48.5 Å². The van der Waals surface area contributed by atoms with Gasteiger partial charge in [0.1, 0.15) is 11.4 Å². The Hall–Kier alpha value is -2.33. The zero-order valence-electron chi connectivity index (χ0n) is 13.5. The van der Waals surface area contributed by atoms with Gasteiger partial charge in [0.05, 0.1) is 6.61 Å². The largest absolute Gasteiger partial charge is 0.493 e. The third-order valence-electron chi connectivity index (χ3n) is 5.37. The lowest BCUT2D eigenvalue weighted by Gasteiger charge is -2.33. The predicted octanol–water partition coefficient (Wildman–Crippen LogP) is 2.74. The van der Waals surface area contributed by atoms with Gasteiger partial charge in [-0.3, -0.25) is 10.1 Å². The van der Waals surface area contributed by atoms with Crippen LogP contribution < -0.4 is 10.1 Å². The third kappa shape index (κ3) is 1.93. The molecule has 1 atom stereocenters. The first-order valence-corrected chi connectivity index (χ1v) is 8.69. The van der Waals surface area contributed by atoms with E-state index in [0.717, 1.165) is 48.1 Å². The molecule has 1 N–H and O–H groups in total. The quantitative estimate of drug-likeness (QED) is 0.942. The van der Waals surface area contributed by atoms with E-state index in [1.807, 2.05) is 35.2 Å². The number of rotatable bonds is 4. The highest BCUT2D eigenvalue weighted by atomic mass is 16.5. The van der Waals surface area contributed by atoms with Gasteiger partial charge in [-0.2, -0.15) is 0 Å². The minimum atomic E-state index is -0.525. The summed E-state index contributed by atoms with van der Waals surface area (Å²) in [5.41, 5.74) is 2.43. The Morgan fingerprint density at radius 3 is 2.71 bits per heavy atom. The monoisotopic (exact) mass is 320 g/mol. The maximum absolute atomic E-state index is 12.8. The molecule has 1 saturated heterocycles. The molecule has 2 fully saturated rings. The Morgan fingerprint density at radius 2 is 1.92 bits per heavy atom. The van der Waals surface area contributed by atoms with E-state index < -0.39 is 5.66 Å². The fourth-order valence-electron chi connectivity index (χ4n) is 3.94. The van der Waals surface area contributed by atoms with Gasteiger partial charge in [-0.05, 0) is 42.5 Å². The standard InChI is InChI=1S/C20H20N2O2/c23-19-17-3-1-2-4-18(17)20(21-11-12-22(19)20)15-7-9-16(10-8-15)24-13-14-5-6-14/h1-4,7-10,14,21H,5-6,11-13H2. The Labute approximate surface area is 141 Å². The molecular formula is C20H20N2O2. The summed E-state index contributed by atoms with van der Waals surface area (Å²) in [5.74, 6) is 1.77. The molecule has 2 aromatic carbocycles. The maximum Gasteiger partial charge on any atom is 0.256 e. The number of benzene rings is 2. The van der Waals surface area contributed by atoms with Crippen molar-refractivity contribution < 1.29 is 9.53 Å². The lowest BCUT2D eigenvalue weighted by molar-refractivity contribution is 0.0694. The van der Waals surface area contributed by atoms with Gasteiger partial charge in [0.2, 0.25) is 0 Å². The number of nitrogens with one attached hydrogen (secondary N) is 1. The van der Waals surface area contributed by atoms with Crippen LogP contribution in [0.3, 0.4) is 0 Å². The minimum Gasteiger partial charge on any atom is -0.493 e. The second-order valence-electron chi connectivity index (χ2n) is 6.92. The van der Waals surface area contributed by atoms with Crippen molar-refractivity contribution in [2.45, 2.75) is 18.5 Å². The number of carbonyl (C=O) groups excluding carboxylic acids is 1. The molecule has 0 aromatic heterocycles. The van der Waals surface area contributed by atoms with Gasteiger partial charge in [0, 0.05) is 24.2 Å². The number of hydrogen-bond acceptors (Lipinski definition) is 3. The first kappa shape index (κ1) is 14.1. The van der Waals surface area contributed by atoms with Crippen molar-refractivity contribution in [3.8, 4) is 5.75 Å². The van der Waals surface area contributed by atoms with Crippen molar-refractivity contribution in [1.82, 2.24) is 10.2 Å². The number of carbonyl (C=O) groups is 1. The molecule has 4 nitrogen and oxygen atoms in total. The van der Waals surface area contributed by atoms with Gasteiger partial charge in [0.15, 0.2) is 0 Å². The lowest BCUT2D eigenvalue weighted by atomic mass is 9.91. The van der Waals surface area contributed by atoms with Crippen LogP contribution in [0.5, 0.6) is 5.75 Å². The van der Waals surface area contributed by atoms with Gasteiger partial charge in [-0.15, -0.1) is 0 Å². The average molecular weight is 320 g/mol. The molecule has 1 saturated carbocycles. The Bertz CT molecular complexity index is 798. The zero-order chi connectivity index (χ0) is 16.1. The summed E-state index contributed by atoms with van der Waals surface area (Å²) in [6, 6.07) is 16.1. The molecule has 2 aromatic rings. The molecule has 1 amide bonds. The van der Waals surface area contributed by atoms with E-state index in [1.54, 1.807) is 0 Å². The van der Waals surface area contributed by atoms with Gasteiger partial charge < -0.3 is 9.64 Å². The summed E-state index contributed by atoms with van der Waals surface area (Å²) in [4.78, 5) is 14.7. The van der Waals surface area contributed by atoms with Crippen molar-refractivity contribution in [3.05, 3.63) is 65.2 Å². The van der Waals surface area contributed by atoms with Crippen molar-refractivity contribution in [3.63, 3.8) is 0 Å². The fourth-order valence-corrected chi connectivity index (χ4v) is 3.94. The Balaban J connectivity index is 1.53. The summed E-state index contributed by atoms with van der Waals surface area (Å²) >= 11 is 0. The highest BCUT2D eigenvalue weighted by molar-refractivity contribution is 6.01. The molecule has 2 heterocycles. The van der Waals surface area contributed by atoms with E-state index >= 15 is 0 Å². The van der Waals surface area contributed by atoms with Crippen molar-refractivity contribution in [1.29, 1.82) is 0 Å². The van der Waals surface area contributed by atoms with E-state index in [2.05, 4.69) is 23.5 Å². The molecule has 0 radical (unpaired) electrons. The molecule has 122 valence electrons. The van der Waals surface area contributed by atoms with Crippen LogP contribution in [0, 0.1) is 5.92 Å². The Kier molecular flexibility index (Phi) is 2.98. The summed E-state index contributed by atoms with van der Waals surface area (Å²) in [7, 11) is 0. The SMILES string of the molecule is O=C1c2ccccc2C2(c3ccc(OCC4CC4)cc3)NCCN12. The van der Waals surface area contributed by atoms with Gasteiger partial charge in [-0.1, -0.05) is 30.3 Å². The van der Waals surface area contributed by atoms with Gasteiger partial charge in [0.25, 0.3) is 5.91 Å². The first-order chi connectivity index (χ1) is 11.8. The van der Waals surface area contributed by atoms with Crippen LogP contribution in [-0.2, 0) is 5.66 Å². The fraction of sp³-hybridized carbons (Fsp3) is 0.350. The number of hydrogen-bond donors (Lipinski definition) is 1.